The summed E-state index contributed by atoms with van der Waals surface area (Å²) in [5.74, 6) is -0.704. The summed E-state index contributed by atoms with van der Waals surface area (Å²) in [6.45, 7) is -1.34. The highest BCUT2D eigenvalue weighted by atomic mass is 19.4. The minimum Gasteiger partial charge on any atom is -0.347 e. The lowest BCUT2D eigenvalue weighted by Gasteiger charge is -2.09. The van der Waals surface area contributed by atoms with Crippen LogP contribution in [0.4, 0.5) is 23.7 Å². The minimum atomic E-state index is -4.42. The van der Waals surface area contributed by atoms with Crippen LogP contribution in [0.2, 0.25) is 0 Å². The van der Waals surface area contributed by atoms with Gasteiger partial charge in [0.2, 0.25) is 5.91 Å². The molecular formula is C14H16F3N3O2. The summed E-state index contributed by atoms with van der Waals surface area (Å²) in [6.07, 6.45) is -2.60. The summed E-state index contributed by atoms with van der Waals surface area (Å²) in [4.78, 5) is 22.9. The van der Waals surface area contributed by atoms with E-state index in [0.29, 0.717) is 11.3 Å². The first kappa shape index (κ1) is 16.1. The molecule has 5 nitrogen and oxygen atoms in total. The lowest BCUT2D eigenvalue weighted by atomic mass is 10.1. The molecule has 2 rings (SSSR count). The van der Waals surface area contributed by atoms with Crippen molar-refractivity contribution in [2.45, 2.75) is 31.5 Å². The van der Waals surface area contributed by atoms with Crippen molar-refractivity contribution in [3.05, 3.63) is 29.8 Å². The number of hydrogen-bond acceptors (Lipinski definition) is 2. The van der Waals surface area contributed by atoms with E-state index < -0.39 is 18.6 Å². The van der Waals surface area contributed by atoms with Crippen LogP contribution in [0.5, 0.6) is 0 Å². The number of nitrogens with one attached hydrogen (secondary N) is 3. The second kappa shape index (κ2) is 6.67. The Morgan fingerprint density at radius 2 is 1.77 bits per heavy atom. The molecule has 1 fully saturated rings. The predicted molar refractivity (Wildman–Crippen MR) is 74.4 cm³/mol. The van der Waals surface area contributed by atoms with Gasteiger partial charge in [-0.05, 0) is 30.5 Å². The summed E-state index contributed by atoms with van der Waals surface area (Å²) in [6, 6.07) is 6.31. The number of benzene rings is 1. The fraction of sp³-hybridized carbons (Fsp3) is 0.429. The van der Waals surface area contributed by atoms with Crippen LogP contribution in [-0.4, -0.2) is 30.7 Å². The summed E-state index contributed by atoms with van der Waals surface area (Å²) >= 11 is 0. The Hall–Kier alpha value is -2.25. The Balaban J connectivity index is 1.78. The average Bonchev–Trinajstić information content (AvgIpc) is 3.22. The minimum absolute atomic E-state index is 0.148. The number of halogens is 3. The molecule has 1 aliphatic rings. The predicted octanol–water partition coefficient (Wildman–Crippen LogP) is 2.19. The lowest BCUT2D eigenvalue weighted by molar-refractivity contribution is -0.138. The first-order valence-electron chi connectivity index (χ1n) is 6.82. The van der Waals surface area contributed by atoms with Gasteiger partial charge in [0.15, 0.2) is 0 Å². The average molecular weight is 315 g/mol. The Labute approximate surface area is 125 Å². The van der Waals surface area contributed by atoms with Gasteiger partial charge in [-0.15, -0.1) is 0 Å². The Morgan fingerprint density at radius 1 is 1.14 bits per heavy atom. The fourth-order valence-corrected chi connectivity index (χ4v) is 1.73. The molecule has 0 radical (unpaired) electrons. The molecule has 0 aliphatic heterocycles. The maximum Gasteiger partial charge on any atom is 0.405 e. The third kappa shape index (κ3) is 6.02. The molecular weight excluding hydrogens is 299 g/mol. The lowest BCUT2D eigenvalue weighted by Crippen LogP contribution is -2.34. The number of urea groups is 1. The van der Waals surface area contributed by atoms with Crippen molar-refractivity contribution in [1.82, 2.24) is 10.6 Å². The van der Waals surface area contributed by atoms with E-state index in [2.05, 4.69) is 10.6 Å². The fourth-order valence-electron chi connectivity index (χ4n) is 1.73. The zero-order valence-corrected chi connectivity index (χ0v) is 11.7. The van der Waals surface area contributed by atoms with E-state index in [4.69, 9.17) is 0 Å². The zero-order valence-electron chi connectivity index (χ0n) is 11.7. The molecule has 120 valence electrons. The Kier molecular flexibility index (Phi) is 4.89. The highest BCUT2D eigenvalue weighted by Crippen LogP contribution is 2.19. The normalized spacial score (nSPS) is 14.3. The molecule has 0 unspecified atom stereocenters. The van der Waals surface area contributed by atoms with Crippen molar-refractivity contribution in [2.75, 3.05) is 11.9 Å². The van der Waals surface area contributed by atoms with Gasteiger partial charge < -0.3 is 16.0 Å². The van der Waals surface area contributed by atoms with Crippen molar-refractivity contribution in [3.8, 4) is 0 Å². The van der Waals surface area contributed by atoms with Crippen LogP contribution in [-0.2, 0) is 11.2 Å². The summed E-state index contributed by atoms with van der Waals surface area (Å²) in [7, 11) is 0. The van der Waals surface area contributed by atoms with E-state index >= 15 is 0 Å². The van der Waals surface area contributed by atoms with Crippen LogP contribution in [0.25, 0.3) is 0 Å². The highest BCUT2D eigenvalue weighted by molar-refractivity contribution is 5.89. The molecule has 1 saturated carbocycles. The molecule has 3 amide bonds. The summed E-state index contributed by atoms with van der Waals surface area (Å²) in [5.41, 5.74) is 1.12. The van der Waals surface area contributed by atoms with Crippen molar-refractivity contribution in [1.29, 1.82) is 0 Å². The number of alkyl halides is 3. The van der Waals surface area contributed by atoms with Gasteiger partial charge in [-0.25, -0.2) is 4.79 Å². The van der Waals surface area contributed by atoms with Crippen LogP contribution < -0.4 is 16.0 Å². The summed E-state index contributed by atoms with van der Waals surface area (Å²) < 4.78 is 35.9. The molecule has 8 heteroatoms. The Bertz CT molecular complexity index is 539. The number of rotatable bonds is 5. The third-order valence-electron chi connectivity index (χ3n) is 2.98. The van der Waals surface area contributed by atoms with E-state index in [9.17, 15) is 22.8 Å². The standard InChI is InChI=1S/C14H16F3N3O2/c15-14(16,17)8-18-12(21)7-9-1-3-10(4-2-9)19-13(22)20-11-5-6-11/h1-4,11H,5-8H2,(H,18,21)(H2,19,20,22). The first-order valence-corrected chi connectivity index (χ1v) is 6.82. The molecule has 0 bridgehead atoms. The molecule has 0 heterocycles. The van der Waals surface area contributed by atoms with Gasteiger partial charge in [-0.3, -0.25) is 4.79 Å². The molecule has 22 heavy (non-hydrogen) atoms. The second-order valence-electron chi connectivity index (χ2n) is 5.14. The number of carbonyl (C=O) groups is 2. The van der Waals surface area contributed by atoms with Crippen LogP contribution in [0, 0.1) is 0 Å². The van der Waals surface area contributed by atoms with Crippen LogP contribution in [0.1, 0.15) is 18.4 Å². The number of anilines is 1. The van der Waals surface area contributed by atoms with Gasteiger partial charge in [0.1, 0.15) is 6.54 Å². The van der Waals surface area contributed by atoms with E-state index in [0.717, 1.165) is 12.8 Å². The SMILES string of the molecule is O=C(Cc1ccc(NC(=O)NC2CC2)cc1)NCC(F)(F)F. The van der Waals surface area contributed by atoms with Crippen LogP contribution in [0.3, 0.4) is 0 Å². The van der Waals surface area contributed by atoms with Crippen molar-refractivity contribution >= 4 is 17.6 Å². The van der Waals surface area contributed by atoms with Crippen molar-refractivity contribution in [2.24, 2.45) is 0 Å². The maximum atomic E-state index is 12.0. The largest absolute Gasteiger partial charge is 0.405 e. The van der Waals surface area contributed by atoms with E-state index in [1.807, 2.05) is 0 Å². The van der Waals surface area contributed by atoms with Gasteiger partial charge in [-0.2, -0.15) is 13.2 Å². The van der Waals surface area contributed by atoms with Crippen LogP contribution >= 0.6 is 0 Å². The van der Waals surface area contributed by atoms with Gasteiger partial charge in [0.05, 0.1) is 6.42 Å². The van der Waals surface area contributed by atoms with E-state index in [-0.39, 0.29) is 18.5 Å². The molecule has 1 aliphatic carbocycles. The van der Waals surface area contributed by atoms with E-state index in [1.54, 1.807) is 29.6 Å². The monoisotopic (exact) mass is 315 g/mol. The molecule has 3 N–H and O–H groups in total. The zero-order chi connectivity index (χ0) is 16.2. The first-order chi connectivity index (χ1) is 10.3. The highest BCUT2D eigenvalue weighted by Gasteiger charge is 2.27. The smallest absolute Gasteiger partial charge is 0.347 e. The van der Waals surface area contributed by atoms with Gasteiger partial charge >= 0.3 is 12.2 Å². The Morgan fingerprint density at radius 3 is 2.32 bits per heavy atom. The third-order valence-corrected chi connectivity index (χ3v) is 2.98. The summed E-state index contributed by atoms with van der Waals surface area (Å²) in [5, 5.41) is 7.20. The van der Waals surface area contributed by atoms with Gasteiger partial charge in [0.25, 0.3) is 0 Å². The van der Waals surface area contributed by atoms with Crippen molar-refractivity contribution in [3.63, 3.8) is 0 Å². The number of carbonyl (C=O) groups excluding carboxylic acids is 2. The van der Waals surface area contributed by atoms with E-state index in [1.165, 1.54) is 0 Å². The molecule has 1 aromatic rings. The van der Waals surface area contributed by atoms with Crippen molar-refractivity contribution < 1.29 is 22.8 Å². The number of amides is 3. The van der Waals surface area contributed by atoms with Gasteiger partial charge in [0, 0.05) is 11.7 Å². The molecule has 0 spiro atoms. The molecule has 0 atom stereocenters. The number of hydrogen-bond donors (Lipinski definition) is 3. The second-order valence-corrected chi connectivity index (χ2v) is 5.14. The molecule has 0 saturated heterocycles. The topological polar surface area (TPSA) is 70.2 Å². The van der Waals surface area contributed by atoms with Crippen LogP contribution in [0.15, 0.2) is 24.3 Å². The maximum absolute atomic E-state index is 12.0. The molecule has 0 aromatic heterocycles. The quantitative estimate of drug-likeness (QED) is 0.779. The molecule has 1 aromatic carbocycles. The van der Waals surface area contributed by atoms with Gasteiger partial charge in [-0.1, -0.05) is 12.1 Å².